The van der Waals surface area contributed by atoms with E-state index in [1.54, 1.807) is 19.9 Å². The second-order valence-electron chi connectivity index (χ2n) is 3.89. The molecule has 0 spiro atoms. The average Bonchev–Trinajstić information content (AvgIpc) is 2.69. The van der Waals surface area contributed by atoms with Gasteiger partial charge in [-0.2, -0.15) is 5.10 Å². The van der Waals surface area contributed by atoms with Gasteiger partial charge in [-0.15, -0.1) is 10.2 Å². The molecule has 0 fully saturated rings. The van der Waals surface area contributed by atoms with Crippen LogP contribution < -0.4 is 4.74 Å². The number of aryl methyl sites for hydroxylation is 2. The van der Waals surface area contributed by atoms with Gasteiger partial charge in [0.05, 0.1) is 5.69 Å². The zero-order valence-electron chi connectivity index (χ0n) is 10.2. The smallest absolute Gasteiger partial charge is 0.341 e. The Morgan fingerprint density at radius 3 is 2.61 bits per heavy atom. The van der Waals surface area contributed by atoms with E-state index in [1.807, 2.05) is 6.92 Å². The zero-order valence-corrected chi connectivity index (χ0v) is 10.2. The predicted octanol–water partition coefficient (Wildman–Crippen LogP) is 1.62. The molecular weight excluding hydrogens is 236 g/mol. The van der Waals surface area contributed by atoms with Crippen molar-refractivity contribution in [2.24, 2.45) is 0 Å². The summed E-state index contributed by atoms with van der Waals surface area (Å²) >= 11 is 0. The Balaban J connectivity index is 2.44. The normalized spacial score (nSPS) is 10.4. The van der Waals surface area contributed by atoms with Gasteiger partial charge in [-0.3, -0.25) is 5.10 Å². The largest absolute Gasteiger partial charge is 0.477 e. The van der Waals surface area contributed by atoms with Crippen LogP contribution >= 0.6 is 0 Å². The minimum atomic E-state index is -1.10. The number of aromatic nitrogens is 4. The van der Waals surface area contributed by atoms with Crippen LogP contribution in [0.25, 0.3) is 0 Å². The molecule has 0 amide bonds. The fraction of sp³-hybridized carbons (Fsp3) is 0.273. The molecule has 7 heteroatoms. The van der Waals surface area contributed by atoms with Crippen LogP contribution in [0.2, 0.25) is 0 Å². The van der Waals surface area contributed by atoms with Crippen LogP contribution in [-0.2, 0) is 0 Å². The number of nitrogens with one attached hydrogen (secondary N) is 1. The lowest BCUT2D eigenvalue weighted by atomic mass is 10.1. The van der Waals surface area contributed by atoms with Crippen molar-refractivity contribution in [2.45, 2.75) is 20.8 Å². The molecule has 2 heterocycles. The van der Waals surface area contributed by atoms with E-state index in [2.05, 4.69) is 20.4 Å². The van der Waals surface area contributed by atoms with Gasteiger partial charge in [-0.05, 0) is 26.3 Å². The van der Waals surface area contributed by atoms with Crippen LogP contribution in [0, 0.1) is 20.8 Å². The summed E-state index contributed by atoms with van der Waals surface area (Å²) in [6, 6.07) is 1.64. The summed E-state index contributed by atoms with van der Waals surface area (Å²) in [4.78, 5) is 11.2. The SMILES string of the molecule is Cc1cc(Oc2nnc(C)c(C)c2C(=O)O)n[nH]1. The highest BCUT2D eigenvalue weighted by atomic mass is 16.5. The highest BCUT2D eigenvalue weighted by Crippen LogP contribution is 2.24. The van der Waals surface area contributed by atoms with E-state index in [0.717, 1.165) is 5.69 Å². The number of ether oxygens (including phenoxy) is 1. The Labute approximate surface area is 103 Å². The first-order valence-corrected chi connectivity index (χ1v) is 5.26. The van der Waals surface area contributed by atoms with E-state index in [9.17, 15) is 9.90 Å². The average molecular weight is 248 g/mol. The molecule has 18 heavy (non-hydrogen) atoms. The summed E-state index contributed by atoms with van der Waals surface area (Å²) in [7, 11) is 0. The van der Waals surface area contributed by atoms with Crippen LogP contribution in [0.15, 0.2) is 6.07 Å². The number of carbonyl (C=O) groups is 1. The first kappa shape index (κ1) is 12.0. The number of aromatic amines is 1. The van der Waals surface area contributed by atoms with Gasteiger partial charge in [0.25, 0.3) is 5.88 Å². The molecule has 0 aliphatic rings. The van der Waals surface area contributed by atoms with Crippen molar-refractivity contribution in [3.05, 3.63) is 28.6 Å². The topological polar surface area (TPSA) is 101 Å². The van der Waals surface area contributed by atoms with Crippen molar-refractivity contribution in [1.29, 1.82) is 0 Å². The van der Waals surface area contributed by atoms with Gasteiger partial charge in [0.2, 0.25) is 5.88 Å². The first-order chi connectivity index (χ1) is 8.49. The summed E-state index contributed by atoms with van der Waals surface area (Å²) in [5, 5.41) is 23.3. The molecule has 0 aromatic carbocycles. The molecule has 0 aliphatic carbocycles. The Bertz CT molecular complexity index is 606. The van der Waals surface area contributed by atoms with Gasteiger partial charge >= 0.3 is 5.97 Å². The summed E-state index contributed by atoms with van der Waals surface area (Å²) < 4.78 is 5.33. The molecule has 0 bridgehead atoms. The van der Waals surface area contributed by atoms with Gasteiger partial charge in [0, 0.05) is 11.8 Å². The Morgan fingerprint density at radius 1 is 1.33 bits per heavy atom. The van der Waals surface area contributed by atoms with Crippen LogP contribution in [0.4, 0.5) is 0 Å². The lowest BCUT2D eigenvalue weighted by Crippen LogP contribution is -2.08. The number of carboxylic acids is 1. The molecule has 2 aromatic heterocycles. The second kappa shape index (κ2) is 4.44. The molecule has 0 saturated heterocycles. The van der Waals surface area contributed by atoms with Crippen LogP contribution in [-0.4, -0.2) is 31.5 Å². The fourth-order valence-electron chi connectivity index (χ4n) is 1.45. The van der Waals surface area contributed by atoms with Crippen LogP contribution in [0.3, 0.4) is 0 Å². The van der Waals surface area contributed by atoms with Crippen LogP contribution in [0.1, 0.15) is 27.3 Å². The third-order valence-electron chi connectivity index (χ3n) is 2.52. The monoisotopic (exact) mass is 248 g/mol. The molecule has 2 N–H and O–H groups in total. The quantitative estimate of drug-likeness (QED) is 0.855. The zero-order chi connectivity index (χ0) is 13.3. The molecular formula is C11H12N4O3. The van der Waals surface area contributed by atoms with E-state index in [4.69, 9.17) is 4.74 Å². The standard InChI is InChI=1S/C11H12N4O3/c1-5-4-8(14-12-5)18-10-9(11(16)17)6(2)7(3)13-15-10/h4H,1-3H3,(H,12,14)(H,16,17). The number of hydrogen-bond acceptors (Lipinski definition) is 5. The molecule has 0 atom stereocenters. The third kappa shape index (κ3) is 2.15. The van der Waals surface area contributed by atoms with Crippen molar-refractivity contribution in [1.82, 2.24) is 20.4 Å². The number of carboxylic acid groups (broad SMARTS) is 1. The fourth-order valence-corrected chi connectivity index (χ4v) is 1.45. The van der Waals surface area contributed by atoms with E-state index in [0.29, 0.717) is 11.3 Å². The lowest BCUT2D eigenvalue weighted by Gasteiger charge is -2.08. The first-order valence-electron chi connectivity index (χ1n) is 5.26. The molecule has 2 aromatic rings. The lowest BCUT2D eigenvalue weighted by molar-refractivity contribution is 0.0692. The van der Waals surface area contributed by atoms with Gasteiger partial charge in [0.1, 0.15) is 5.56 Å². The third-order valence-corrected chi connectivity index (χ3v) is 2.52. The van der Waals surface area contributed by atoms with E-state index in [1.165, 1.54) is 0 Å². The Hall–Kier alpha value is -2.44. The maximum atomic E-state index is 11.2. The summed E-state index contributed by atoms with van der Waals surface area (Å²) in [6.45, 7) is 5.16. The van der Waals surface area contributed by atoms with Gasteiger partial charge in [-0.25, -0.2) is 4.79 Å². The van der Waals surface area contributed by atoms with E-state index < -0.39 is 5.97 Å². The molecule has 2 rings (SSSR count). The molecule has 0 unspecified atom stereocenters. The minimum absolute atomic E-state index is 0.00292. The summed E-state index contributed by atoms with van der Waals surface area (Å²) in [5.74, 6) is -0.905. The second-order valence-corrected chi connectivity index (χ2v) is 3.89. The van der Waals surface area contributed by atoms with Crippen molar-refractivity contribution in [3.8, 4) is 11.8 Å². The highest BCUT2D eigenvalue weighted by molar-refractivity contribution is 5.92. The van der Waals surface area contributed by atoms with E-state index >= 15 is 0 Å². The van der Waals surface area contributed by atoms with Gasteiger partial charge < -0.3 is 9.84 Å². The molecule has 0 aliphatic heterocycles. The Kier molecular flexibility index (Phi) is 2.97. The number of hydrogen-bond donors (Lipinski definition) is 2. The molecule has 0 saturated carbocycles. The van der Waals surface area contributed by atoms with Gasteiger partial charge in [-0.1, -0.05) is 0 Å². The van der Waals surface area contributed by atoms with Crippen molar-refractivity contribution < 1.29 is 14.6 Å². The minimum Gasteiger partial charge on any atom is -0.477 e. The molecule has 7 nitrogen and oxygen atoms in total. The highest BCUT2D eigenvalue weighted by Gasteiger charge is 2.20. The molecule has 94 valence electrons. The van der Waals surface area contributed by atoms with Crippen molar-refractivity contribution >= 4 is 5.97 Å². The molecule has 0 radical (unpaired) electrons. The number of aromatic carboxylic acids is 1. The Morgan fingerprint density at radius 2 is 2.06 bits per heavy atom. The maximum absolute atomic E-state index is 11.2. The van der Waals surface area contributed by atoms with Crippen molar-refractivity contribution in [2.75, 3.05) is 0 Å². The summed E-state index contributed by atoms with van der Waals surface area (Å²) in [6.07, 6.45) is 0. The summed E-state index contributed by atoms with van der Waals surface area (Å²) in [5.41, 5.74) is 1.89. The maximum Gasteiger partial charge on any atom is 0.341 e. The van der Waals surface area contributed by atoms with Crippen molar-refractivity contribution in [3.63, 3.8) is 0 Å². The van der Waals surface area contributed by atoms with Crippen LogP contribution in [0.5, 0.6) is 11.8 Å². The van der Waals surface area contributed by atoms with E-state index in [-0.39, 0.29) is 17.3 Å². The number of nitrogens with zero attached hydrogens (tertiary/aromatic N) is 3. The number of rotatable bonds is 3. The number of H-pyrrole nitrogens is 1. The van der Waals surface area contributed by atoms with Gasteiger partial charge in [0.15, 0.2) is 0 Å². The predicted molar refractivity (Wildman–Crippen MR) is 61.9 cm³/mol.